The minimum absolute atomic E-state index is 1.15. The van der Waals surface area contributed by atoms with Crippen LogP contribution in [0.4, 0.5) is 0 Å². The summed E-state index contributed by atoms with van der Waals surface area (Å²) in [4.78, 5) is 4.00. The van der Waals surface area contributed by atoms with Gasteiger partial charge in [-0.3, -0.25) is 4.98 Å². The maximum absolute atomic E-state index is 4.00. The molecule has 0 atom stereocenters. The second kappa shape index (κ2) is 15.7. The van der Waals surface area contributed by atoms with Gasteiger partial charge in [-0.1, -0.05) is 81.1 Å². The fraction of sp³-hybridized carbons (Fsp3) is 0.476. The van der Waals surface area contributed by atoms with E-state index in [1.54, 1.807) is 6.20 Å². The van der Waals surface area contributed by atoms with Crippen LogP contribution in [-0.4, -0.2) is 4.98 Å². The van der Waals surface area contributed by atoms with E-state index in [4.69, 9.17) is 0 Å². The van der Waals surface area contributed by atoms with Gasteiger partial charge in [-0.25, -0.2) is 0 Å². The molecule has 0 spiro atoms. The number of rotatable bonds is 6. The lowest BCUT2D eigenvalue weighted by Gasteiger charge is -1.99. The number of halogens is 1. The van der Waals surface area contributed by atoms with Crippen LogP contribution < -0.4 is 0 Å². The molecular formula is C21H32BrN. The molecule has 0 fully saturated rings. The molecule has 0 aliphatic heterocycles. The first-order valence-corrected chi connectivity index (χ1v) is 9.69. The predicted octanol–water partition coefficient (Wildman–Crippen LogP) is 7.24. The van der Waals surface area contributed by atoms with Crippen LogP contribution in [0, 0.1) is 0 Å². The Morgan fingerprint density at radius 1 is 0.826 bits per heavy atom. The van der Waals surface area contributed by atoms with Crippen molar-refractivity contribution in [3.63, 3.8) is 0 Å². The standard InChI is InChI=1S/C11H15Br.C8H11N.C2H6/c1-2-3-4-5-10-6-8-11(12)9-7-10;1-2-4-8-5-3-6-9-7-8;1-2/h6-9H,2-5H2,1H3;3,5-7H,2,4H2,1H3;1-2H3. The normalized spacial score (nSPS) is 9.26. The number of aryl methyl sites for hydroxylation is 2. The van der Waals surface area contributed by atoms with E-state index in [1.807, 2.05) is 26.1 Å². The van der Waals surface area contributed by atoms with Crippen molar-refractivity contribution in [1.82, 2.24) is 4.98 Å². The second-order valence-electron chi connectivity index (χ2n) is 5.19. The van der Waals surface area contributed by atoms with E-state index < -0.39 is 0 Å². The summed E-state index contributed by atoms with van der Waals surface area (Å²) in [7, 11) is 0. The molecule has 0 aliphatic carbocycles. The first-order valence-electron chi connectivity index (χ1n) is 8.89. The van der Waals surface area contributed by atoms with Crippen molar-refractivity contribution >= 4 is 15.9 Å². The molecule has 0 unspecified atom stereocenters. The van der Waals surface area contributed by atoms with Gasteiger partial charge < -0.3 is 0 Å². The Labute approximate surface area is 151 Å². The second-order valence-corrected chi connectivity index (χ2v) is 6.11. The highest BCUT2D eigenvalue weighted by Gasteiger charge is 1.92. The number of aromatic nitrogens is 1. The Balaban J connectivity index is 0.000000392. The number of benzene rings is 1. The highest BCUT2D eigenvalue weighted by Crippen LogP contribution is 2.12. The Morgan fingerprint density at radius 3 is 2.04 bits per heavy atom. The summed E-state index contributed by atoms with van der Waals surface area (Å²) in [5.41, 5.74) is 2.78. The molecule has 0 radical (unpaired) electrons. The van der Waals surface area contributed by atoms with E-state index >= 15 is 0 Å². The molecule has 1 aromatic heterocycles. The van der Waals surface area contributed by atoms with Crippen molar-refractivity contribution in [2.24, 2.45) is 0 Å². The van der Waals surface area contributed by atoms with Crippen LogP contribution >= 0.6 is 15.9 Å². The predicted molar refractivity (Wildman–Crippen MR) is 107 cm³/mol. The lowest BCUT2D eigenvalue weighted by Crippen LogP contribution is -1.83. The highest BCUT2D eigenvalue weighted by molar-refractivity contribution is 9.10. The van der Waals surface area contributed by atoms with Crippen molar-refractivity contribution in [2.45, 2.75) is 66.2 Å². The molecule has 2 rings (SSSR count). The van der Waals surface area contributed by atoms with E-state index in [-0.39, 0.29) is 0 Å². The Hall–Kier alpha value is -1.15. The minimum atomic E-state index is 1.15. The van der Waals surface area contributed by atoms with Crippen LogP contribution in [0.3, 0.4) is 0 Å². The van der Waals surface area contributed by atoms with Crippen LogP contribution in [0.25, 0.3) is 0 Å². The quantitative estimate of drug-likeness (QED) is 0.483. The number of pyridine rings is 1. The van der Waals surface area contributed by atoms with E-state index in [1.165, 1.54) is 47.7 Å². The van der Waals surface area contributed by atoms with E-state index in [0.29, 0.717) is 0 Å². The summed E-state index contributed by atoms with van der Waals surface area (Å²) in [5.74, 6) is 0. The molecule has 2 heteroatoms. The lowest BCUT2D eigenvalue weighted by atomic mass is 10.1. The van der Waals surface area contributed by atoms with Crippen molar-refractivity contribution in [3.8, 4) is 0 Å². The van der Waals surface area contributed by atoms with Gasteiger partial charge in [0, 0.05) is 16.9 Å². The Bertz CT molecular complexity index is 465. The van der Waals surface area contributed by atoms with Gasteiger partial charge in [0.2, 0.25) is 0 Å². The van der Waals surface area contributed by atoms with Gasteiger partial charge in [-0.2, -0.15) is 0 Å². The molecule has 0 bridgehead atoms. The molecule has 0 saturated carbocycles. The summed E-state index contributed by atoms with van der Waals surface area (Å²) < 4.78 is 1.17. The minimum Gasteiger partial charge on any atom is -0.264 e. The zero-order chi connectivity index (χ0) is 17.3. The van der Waals surface area contributed by atoms with Crippen LogP contribution in [0.5, 0.6) is 0 Å². The molecule has 0 N–H and O–H groups in total. The number of hydrogen-bond donors (Lipinski definition) is 0. The fourth-order valence-electron chi connectivity index (χ4n) is 2.06. The maximum Gasteiger partial charge on any atom is 0.0299 e. The molecule has 0 amide bonds. The van der Waals surface area contributed by atoms with Crippen molar-refractivity contribution in [2.75, 3.05) is 0 Å². The molecule has 2 aromatic rings. The zero-order valence-electron chi connectivity index (χ0n) is 15.2. The summed E-state index contributed by atoms with van der Waals surface area (Å²) in [5, 5.41) is 0. The summed E-state index contributed by atoms with van der Waals surface area (Å²) in [6.45, 7) is 8.41. The molecule has 1 aromatic carbocycles. The van der Waals surface area contributed by atoms with Gasteiger partial charge in [0.1, 0.15) is 0 Å². The largest absolute Gasteiger partial charge is 0.264 e. The fourth-order valence-corrected chi connectivity index (χ4v) is 2.33. The molecule has 1 nitrogen and oxygen atoms in total. The average molecular weight is 378 g/mol. The van der Waals surface area contributed by atoms with Gasteiger partial charge in [-0.05, 0) is 48.6 Å². The Morgan fingerprint density at radius 2 is 1.52 bits per heavy atom. The molecular weight excluding hydrogens is 346 g/mol. The third-order valence-corrected chi connectivity index (χ3v) is 3.77. The van der Waals surface area contributed by atoms with Gasteiger partial charge in [0.15, 0.2) is 0 Å². The Kier molecular flexibility index (Phi) is 14.9. The molecule has 0 aliphatic rings. The zero-order valence-corrected chi connectivity index (χ0v) is 16.8. The van der Waals surface area contributed by atoms with Crippen LogP contribution in [0.15, 0.2) is 53.3 Å². The summed E-state index contributed by atoms with van der Waals surface area (Å²) in [6, 6.07) is 12.7. The number of hydrogen-bond acceptors (Lipinski definition) is 1. The van der Waals surface area contributed by atoms with Crippen LogP contribution in [0.1, 0.15) is 64.5 Å². The molecule has 0 saturated heterocycles. The van der Waals surface area contributed by atoms with E-state index in [0.717, 1.165) is 6.42 Å². The molecule has 128 valence electrons. The van der Waals surface area contributed by atoms with Crippen molar-refractivity contribution in [3.05, 3.63) is 64.4 Å². The van der Waals surface area contributed by atoms with Gasteiger partial charge >= 0.3 is 0 Å². The smallest absolute Gasteiger partial charge is 0.0299 e. The summed E-state index contributed by atoms with van der Waals surface area (Å²) in [6.07, 6.45) is 11.3. The SMILES string of the molecule is CC.CCCCCc1ccc(Br)cc1.CCCc1cccnc1. The third kappa shape index (κ3) is 12.0. The third-order valence-electron chi connectivity index (χ3n) is 3.24. The van der Waals surface area contributed by atoms with Crippen LogP contribution in [-0.2, 0) is 12.8 Å². The first-order chi connectivity index (χ1) is 11.3. The van der Waals surface area contributed by atoms with Crippen molar-refractivity contribution in [1.29, 1.82) is 0 Å². The van der Waals surface area contributed by atoms with Gasteiger partial charge in [0.25, 0.3) is 0 Å². The number of nitrogens with zero attached hydrogens (tertiary/aromatic N) is 1. The monoisotopic (exact) mass is 377 g/mol. The molecule has 23 heavy (non-hydrogen) atoms. The van der Waals surface area contributed by atoms with Gasteiger partial charge in [-0.15, -0.1) is 0 Å². The van der Waals surface area contributed by atoms with Crippen LogP contribution in [0.2, 0.25) is 0 Å². The number of unbranched alkanes of at least 4 members (excludes halogenated alkanes) is 2. The van der Waals surface area contributed by atoms with E-state index in [2.05, 4.69) is 65.1 Å². The topological polar surface area (TPSA) is 12.9 Å². The maximum atomic E-state index is 4.00. The van der Waals surface area contributed by atoms with Crippen molar-refractivity contribution < 1.29 is 0 Å². The molecule has 1 heterocycles. The highest BCUT2D eigenvalue weighted by atomic mass is 79.9. The summed E-state index contributed by atoms with van der Waals surface area (Å²) >= 11 is 3.43. The average Bonchev–Trinajstić information content (AvgIpc) is 2.61. The lowest BCUT2D eigenvalue weighted by molar-refractivity contribution is 0.717. The van der Waals surface area contributed by atoms with Gasteiger partial charge in [0.05, 0.1) is 0 Å². The first kappa shape index (κ1) is 21.9. The van der Waals surface area contributed by atoms with E-state index in [9.17, 15) is 0 Å².